The second-order valence-electron chi connectivity index (χ2n) is 8.39. The summed E-state index contributed by atoms with van der Waals surface area (Å²) in [6, 6.07) is 13.5. The highest BCUT2D eigenvalue weighted by Crippen LogP contribution is 2.35. The number of nitrogens with one attached hydrogen (secondary N) is 1. The molecule has 2 heterocycles. The zero-order valence-corrected chi connectivity index (χ0v) is 18.8. The van der Waals surface area contributed by atoms with E-state index in [2.05, 4.69) is 22.3 Å². The van der Waals surface area contributed by atoms with Crippen molar-refractivity contribution in [3.63, 3.8) is 0 Å². The van der Waals surface area contributed by atoms with Crippen molar-refractivity contribution in [1.29, 1.82) is 0 Å². The van der Waals surface area contributed by atoms with Gasteiger partial charge < -0.3 is 10.1 Å². The largest absolute Gasteiger partial charge is 0.476 e. The van der Waals surface area contributed by atoms with E-state index in [4.69, 9.17) is 4.74 Å². The molecule has 0 bridgehead atoms. The Morgan fingerprint density at radius 3 is 2.45 bits per heavy atom. The number of rotatable bonds is 6. The summed E-state index contributed by atoms with van der Waals surface area (Å²) in [6.07, 6.45) is 2.78. The molecule has 1 N–H and O–H groups in total. The zero-order chi connectivity index (χ0) is 22.0. The van der Waals surface area contributed by atoms with Gasteiger partial charge in [0.2, 0.25) is 10.0 Å². The lowest BCUT2D eigenvalue weighted by Gasteiger charge is -2.34. The number of carbonyl (C=O) groups is 1. The van der Waals surface area contributed by atoms with Crippen LogP contribution in [0.1, 0.15) is 29.5 Å². The second-order valence-corrected chi connectivity index (χ2v) is 10.3. The first-order valence-electron chi connectivity index (χ1n) is 10.6. The van der Waals surface area contributed by atoms with Crippen molar-refractivity contribution in [1.82, 2.24) is 10.2 Å². The molecule has 1 fully saturated rings. The maximum Gasteiger partial charge on any atom is 0.263 e. The molecular weight excluding hydrogens is 414 g/mol. The molecule has 4 rings (SSSR count). The van der Waals surface area contributed by atoms with E-state index in [0.29, 0.717) is 18.0 Å². The van der Waals surface area contributed by atoms with Crippen LogP contribution in [-0.4, -0.2) is 51.2 Å². The molecule has 0 aliphatic carbocycles. The van der Waals surface area contributed by atoms with Crippen LogP contribution < -0.4 is 14.4 Å². The van der Waals surface area contributed by atoms with Gasteiger partial charge in [0.15, 0.2) is 6.10 Å². The molecule has 8 heteroatoms. The monoisotopic (exact) mass is 443 g/mol. The van der Waals surface area contributed by atoms with E-state index in [-0.39, 0.29) is 12.5 Å². The number of ether oxygens (including phenoxy) is 1. The van der Waals surface area contributed by atoms with E-state index in [1.54, 1.807) is 12.1 Å². The number of carbonyl (C=O) groups excluding carboxylic acids is 1. The van der Waals surface area contributed by atoms with E-state index in [1.165, 1.54) is 22.7 Å². The van der Waals surface area contributed by atoms with Crippen molar-refractivity contribution < 1.29 is 17.9 Å². The molecule has 0 spiro atoms. The highest BCUT2D eigenvalue weighted by atomic mass is 32.2. The summed E-state index contributed by atoms with van der Waals surface area (Å²) in [5.41, 5.74) is 3.65. The Bertz CT molecular complexity index is 1050. The third-order valence-corrected chi connectivity index (χ3v) is 6.92. The van der Waals surface area contributed by atoms with Crippen LogP contribution in [0.5, 0.6) is 5.75 Å². The highest BCUT2D eigenvalue weighted by molar-refractivity contribution is 7.92. The molecule has 1 unspecified atom stereocenters. The van der Waals surface area contributed by atoms with Gasteiger partial charge in [-0.05, 0) is 61.7 Å². The van der Waals surface area contributed by atoms with Crippen LogP contribution in [0.4, 0.5) is 5.69 Å². The molecule has 7 nitrogen and oxygen atoms in total. The van der Waals surface area contributed by atoms with Crippen molar-refractivity contribution in [2.75, 3.05) is 30.2 Å². The van der Waals surface area contributed by atoms with Gasteiger partial charge in [-0.2, -0.15) is 0 Å². The number of sulfonamides is 1. The third kappa shape index (κ3) is 5.19. The molecule has 0 radical (unpaired) electrons. The van der Waals surface area contributed by atoms with Crippen LogP contribution in [0.2, 0.25) is 0 Å². The third-order valence-electron chi connectivity index (χ3n) is 5.77. The van der Waals surface area contributed by atoms with Crippen LogP contribution >= 0.6 is 0 Å². The summed E-state index contributed by atoms with van der Waals surface area (Å²) in [4.78, 5) is 15.2. The van der Waals surface area contributed by atoms with Gasteiger partial charge in [0.1, 0.15) is 5.75 Å². The predicted molar refractivity (Wildman–Crippen MR) is 121 cm³/mol. The first kappa shape index (κ1) is 21.6. The van der Waals surface area contributed by atoms with E-state index in [0.717, 1.165) is 37.0 Å². The topological polar surface area (TPSA) is 79.0 Å². The Kier molecular flexibility index (Phi) is 6.20. The molecule has 1 amide bonds. The Balaban J connectivity index is 1.39. The van der Waals surface area contributed by atoms with E-state index < -0.39 is 16.1 Å². The maximum atomic E-state index is 12.8. The zero-order valence-electron chi connectivity index (χ0n) is 18.0. The maximum absolute atomic E-state index is 12.8. The minimum absolute atomic E-state index is 0.0461. The second kappa shape index (κ2) is 8.88. The number of anilines is 1. The van der Waals surface area contributed by atoms with E-state index in [9.17, 15) is 13.2 Å². The quantitative estimate of drug-likeness (QED) is 0.742. The molecule has 1 atom stereocenters. The van der Waals surface area contributed by atoms with Crippen LogP contribution in [0.15, 0.2) is 42.5 Å². The molecular formula is C23H29N3O4S. The first-order chi connectivity index (χ1) is 14.8. The lowest BCUT2D eigenvalue weighted by atomic mass is 10.1. The van der Waals surface area contributed by atoms with Crippen LogP contribution in [-0.2, 0) is 27.9 Å². The molecule has 2 aliphatic rings. The van der Waals surface area contributed by atoms with Gasteiger partial charge in [-0.1, -0.05) is 30.3 Å². The predicted octanol–water partition coefficient (Wildman–Crippen LogP) is 2.43. The number of fused-ring (bicyclic) bond motifs is 1. The molecule has 2 aromatic carbocycles. The van der Waals surface area contributed by atoms with Crippen LogP contribution in [0.3, 0.4) is 0 Å². The summed E-state index contributed by atoms with van der Waals surface area (Å²) >= 11 is 0. The van der Waals surface area contributed by atoms with Gasteiger partial charge >= 0.3 is 0 Å². The van der Waals surface area contributed by atoms with Gasteiger partial charge in [0, 0.05) is 13.1 Å². The van der Waals surface area contributed by atoms with E-state index >= 15 is 0 Å². The Morgan fingerprint density at radius 1 is 1.10 bits per heavy atom. The van der Waals surface area contributed by atoms with Gasteiger partial charge in [-0.3, -0.25) is 14.0 Å². The lowest BCUT2D eigenvalue weighted by Crippen LogP contribution is -2.50. The number of amides is 1. The normalized spacial score (nSPS) is 19.0. The minimum atomic E-state index is -3.53. The van der Waals surface area contributed by atoms with Crippen LogP contribution in [0, 0.1) is 6.92 Å². The fraction of sp³-hybridized carbons (Fsp3) is 0.435. The van der Waals surface area contributed by atoms with Gasteiger partial charge in [0.25, 0.3) is 5.91 Å². The van der Waals surface area contributed by atoms with Crippen LogP contribution in [0.25, 0.3) is 0 Å². The van der Waals surface area contributed by atoms with Crippen molar-refractivity contribution in [2.45, 2.75) is 39.0 Å². The first-order valence-corrected chi connectivity index (χ1v) is 12.5. The number of likely N-dealkylation sites (tertiary alicyclic amines) is 1. The minimum Gasteiger partial charge on any atom is -0.476 e. The Hall–Kier alpha value is -2.58. The summed E-state index contributed by atoms with van der Waals surface area (Å²) in [5, 5.41) is 2.88. The fourth-order valence-corrected chi connectivity index (χ4v) is 4.99. The molecule has 0 aromatic heterocycles. The summed E-state index contributed by atoms with van der Waals surface area (Å²) in [5.74, 6) is 0.0741. The number of benzene rings is 2. The highest BCUT2D eigenvalue weighted by Gasteiger charge is 2.34. The standard InChI is InChI=1S/C23H29N3O4S/c1-17-5-10-20-21(13-17)30-22(16-26(20)31(2,28)29)23(27)24-14-18-6-8-19(9-7-18)15-25-11-3-4-12-25/h5-10,13,22H,3-4,11-12,14-16H2,1-2H3,(H,24,27). The smallest absolute Gasteiger partial charge is 0.263 e. The molecule has 166 valence electrons. The number of hydrogen-bond donors (Lipinski definition) is 1. The van der Waals surface area contributed by atoms with Gasteiger partial charge in [0.05, 0.1) is 18.5 Å². The van der Waals surface area contributed by atoms with Crippen molar-refractivity contribution >= 4 is 21.6 Å². The Morgan fingerprint density at radius 2 is 1.77 bits per heavy atom. The number of aryl methyl sites for hydroxylation is 1. The molecule has 31 heavy (non-hydrogen) atoms. The molecule has 2 aromatic rings. The van der Waals surface area contributed by atoms with Crippen molar-refractivity contribution in [2.24, 2.45) is 0 Å². The summed E-state index contributed by atoms with van der Waals surface area (Å²) in [7, 11) is -3.53. The van der Waals surface area contributed by atoms with Crippen molar-refractivity contribution in [3.05, 3.63) is 59.2 Å². The lowest BCUT2D eigenvalue weighted by molar-refractivity contribution is -0.127. The SMILES string of the molecule is Cc1ccc2c(c1)OC(C(=O)NCc1ccc(CN3CCCC3)cc1)CN2S(C)(=O)=O. The molecule has 2 aliphatic heterocycles. The Labute approximate surface area is 184 Å². The molecule has 1 saturated heterocycles. The number of nitrogens with zero attached hydrogens (tertiary/aromatic N) is 2. The number of hydrogen-bond acceptors (Lipinski definition) is 5. The average Bonchev–Trinajstić information content (AvgIpc) is 3.24. The fourth-order valence-electron chi connectivity index (χ4n) is 4.08. The van der Waals surface area contributed by atoms with Gasteiger partial charge in [-0.15, -0.1) is 0 Å². The molecule has 0 saturated carbocycles. The average molecular weight is 444 g/mol. The van der Waals surface area contributed by atoms with Gasteiger partial charge in [-0.25, -0.2) is 8.42 Å². The summed E-state index contributed by atoms with van der Waals surface area (Å²) in [6.45, 7) is 5.49. The summed E-state index contributed by atoms with van der Waals surface area (Å²) < 4.78 is 31.6. The van der Waals surface area contributed by atoms with Crippen molar-refractivity contribution in [3.8, 4) is 5.75 Å². The van der Waals surface area contributed by atoms with E-state index in [1.807, 2.05) is 25.1 Å².